The largest absolute Gasteiger partial charge is 0.372 e. The second-order valence-corrected chi connectivity index (χ2v) is 6.56. The van der Waals surface area contributed by atoms with E-state index in [1.807, 2.05) is 31.2 Å². The van der Waals surface area contributed by atoms with Gasteiger partial charge in [0.15, 0.2) is 0 Å². The molecule has 1 atom stereocenters. The van der Waals surface area contributed by atoms with Crippen LogP contribution in [0.25, 0.3) is 0 Å². The molecule has 1 aromatic carbocycles. The maximum absolute atomic E-state index is 12.7. The summed E-state index contributed by atoms with van der Waals surface area (Å²) >= 11 is 0. The van der Waals surface area contributed by atoms with Crippen LogP contribution in [0.3, 0.4) is 0 Å². The Hall–Kier alpha value is -2.04. The summed E-state index contributed by atoms with van der Waals surface area (Å²) in [6, 6.07) is 7.60. The third-order valence-electron chi connectivity index (χ3n) is 4.85. The van der Waals surface area contributed by atoms with E-state index in [1.165, 1.54) is 0 Å². The molecule has 0 spiro atoms. The molecule has 138 valence electrons. The maximum atomic E-state index is 12.7. The molecule has 0 bridgehead atoms. The molecule has 2 amide bonds. The van der Waals surface area contributed by atoms with Crippen molar-refractivity contribution in [2.24, 2.45) is 0 Å². The van der Waals surface area contributed by atoms with E-state index in [0.29, 0.717) is 13.0 Å². The number of amides is 2. The van der Waals surface area contributed by atoms with E-state index in [1.54, 1.807) is 4.90 Å². The van der Waals surface area contributed by atoms with Crippen molar-refractivity contribution in [2.75, 3.05) is 29.9 Å². The monoisotopic (exact) mass is 345 g/mol. The van der Waals surface area contributed by atoms with Crippen LogP contribution in [0, 0.1) is 0 Å². The fourth-order valence-corrected chi connectivity index (χ4v) is 3.43. The maximum Gasteiger partial charge on any atom is 0.247 e. The molecule has 1 saturated heterocycles. The van der Waals surface area contributed by atoms with Crippen molar-refractivity contribution < 1.29 is 9.59 Å². The molecule has 1 aromatic rings. The molecule has 5 nitrogen and oxygen atoms in total. The first-order valence-electron chi connectivity index (χ1n) is 9.56. The van der Waals surface area contributed by atoms with Crippen molar-refractivity contribution >= 4 is 23.2 Å². The molecular weight excluding hydrogens is 314 g/mol. The summed E-state index contributed by atoms with van der Waals surface area (Å²) in [7, 11) is 0. The highest BCUT2D eigenvalue weighted by Crippen LogP contribution is 2.22. The molecule has 1 unspecified atom stereocenters. The number of hydrogen-bond acceptors (Lipinski definition) is 3. The van der Waals surface area contributed by atoms with Gasteiger partial charge in [-0.2, -0.15) is 0 Å². The predicted molar refractivity (Wildman–Crippen MR) is 103 cm³/mol. The molecular formula is C20H31N3O2. The molecule has 1 N–H and O–H groups in total. The van der Waals surface area contributed by atoms with E-state index in [9.17, 15) is 9.59 Å². The van der Waals surface area contributed by atoms with Crippen LogP contribution >= 0.6 is 0 Å². The molecule has 0 aliphatic carbocycles. The highest BCUT2D eigenvalue weighted by atomic mass is 16.2. The van der Waals surface area contributed by atoms with Gasteiger partial charge in [-0.1, -0.05) is 6.92 Å². The Morgan fingerprint density at radius 3 is 2.40 bits per heavy atom. The molecule has 25 heavy (non-hydrogen) atoms. The van der Waals surface area contributed by atoms with Gasteiger partial charge in [0.2, 0.25) is 11.8 Å². The van der Waals surface area contributed by atoms with E-state index >= 15 is 0 Å². The van der Waals surface area contributed by atoms with Crippen LogP contribution in [-0.4, -0.2) is 42.4 Å². The number of nitrogens with one attached hydrogen (secondary N) is 1. The van der Waals surface area contributed by atoms with Crippen molar-refractivity contribution in [1.82, 2.24) is 4.90 Å². The highest BCUT2D eigenvalue weighted by Gasteiger charge is 2.31. The Kier molecular flexibility index (Phi) is 7.29. The summed E-state index contributed by atoms with van der Waals surface area (Å²) in [5, 5.41) is 2.99. The van der Waals surface area contributed by atoms with Crippen molar-refractivity contribution in [3.8, 4) is 0 Å². The fourth-order valence-electron chi connectivity index (χ4n) is 3.43. The van der Waals surface area contributed by atoms with Gasteiger partial charge >= 0.3 is 0 Å². The zero-order valence-corrected chi connectivity index (χ0v) is 15.8. The van der Waals surface area contributed by atoms with Gasteiger partial charge < -0.3 is 15.1 Å². The average Bonchev–Trinajstić information content (AvgIpc) is 2.64. The Morgan fingerprint density at radius 2 is 1.80 bits per heavy atom. The number of rotatable bonds is 7. The van der Waals surface area contributed by atoms with Crippen LogP contribution in [0.5, 0.6) is 0 Å². The first-order chi connectivity index (χ1) is 12.1. The molecule has 0 aromatic heterocycles. The van der Waals surface area contributed by atoms with E-state index in [4.69, 9.17) is 0 Å². The topological polar surface area (TPSA) is 52.7 Å². The Bertz CT molecular complexity index is 567. The molecule has 1 aliphatic rings. The number of piperidine rings is 1. The van der Waals surface area contributed by atoms with Crippen molar-refractivity contribution in [1.29, 1.82) is 0 Å². The number of carbonyl (C=O) groups is 2. The minimum atomic E-state index is -0.338. The summed E-state index contributed by atoms with van der Waals surface area (Å²) in [6.07, 6.45) is 4.06. The highest BCUT2D eigenvalue weighted by molar-refractivity contribution is 5.97. The summed E-state index contributed by atoms with van der Waals surface area (Å²) in [5.74, 6) is 0.0268. The quantitative estimate of drug-likeness (QED) is 0.820. The number of carbonyl (C=O) groups excluding carboxylic acids is 2. The summed E-state index contributed by atoms with van der Waals surface area (Å²) in [5.41, 5.74) is 1.94. The zero-order valence-electron chi connectivity index (χ0n) is 15.8. The molecule has 1 aliphatic heterocycles. The Balaban J connectivity index is 2.03. The van der Waals surface area contributed by atoms with Crippen LogP contribution in [0.4, 0.5) is 11.4 Å². The van der Waals surface area contributed by atoms with Gasteiger partial charge in [-0.15, -0.1) is 0 Å². The van der Waals surface area contributed by atoms with Crippen LogP contribution in [-0.2, 0) is 9.59 Å². The van der Waals surface area contributed by atoms with Gasteiger partial charge in [0.05, 0.1) is 0 Å². The van der Waals surface area contributed by atoms with E-state index in [-0.39, 0.29) is 17.9 Å². The normalized spacial score (nSPS) is 17.2. The average molecular weight is 345 g/mol. The van der Waals surface area contributed by atoms with E-state index in [2.05, 4.69) is 24.1 Å². The van der Waals surface area contributed by atoms with Gasteiger partial charge in [-0.25, -0.2) is 0 Å². The van der Waals surface area contributed by atoms with Crippen LogP contribution < -0.4 is 10.2 Å². The fraction of sp³-hybridized carbons (Fsp3) is 0.600. The van der Waals surface area contributed by atoms with Crippen LogP contribution in [0.2, 0.25) is 0 Å². The van der Waals surface area contributed by atoms with Gasteiger partial charge in [-0.3, -0.25) is 9.59 Å². The molecule has 1 fully saturated rings. The number of nitrogens with zero attached hydrogens (tertiary/aromatic N) is 2. The third kappa shape index (κ3) is 4.97. The number of likely N-dealkylation sites (tertiary alicyclic amines) is 1. The third-order valence-corrected chi connectivity index (χ3v) is 4.85. The van der Waals surface area contributed by atoms with E-state index in [0.717, 1.165) is 50.1 Å². The lowest BCUT2D eigenvalue weighted by molar-refractivity contribution is -0.140. The Morgan fingerprint density at radius 1 is 1.12 bits per heavy atom. The van der Waals surface area contributed by atoms with Crippen LogP contribution in [0.1, 0.15) is 52.9 Å². The van der Waals surface area contributed by atoms with Crippen molar-refractivity contribution in [3.63, 3.8) is 0 Å². The van der Waals surface area contributed by atoms with Gasteiger partial charge in [0.1, 0.15) is 6.04 Å². The summed E-state index contributed by atoms with van der Waals surface area (Å²) in [4.78, 5) is 29.0. The Labute approximate surface area is 151 Å². The first-order valence-corrected chi connectivity index (χ1v) is 9.56. The zero-order chi connectivity index (χ0) is 18.2. The first kappa shape index (κ1) is 19.3. The number of benzene rings is 1. The standard InChI is InChI=1S/C20H31N3O2/c1-4-9-19(24)23-15-8-7-10-18(23)20(25)21-16-11-13-17(14-12-16)22(5-2)6-3/h11-14,18H,4-10,15H2,1-3H3,(H,21,25). The summed E-state index contributed by atoms with van der Waals surface area (Å²) in [6.45, 7) is 8.86. The smallest absolute Gasteiger partial charge is 0.247 e. The summed E-state index contributed by atoms with van der Waals surface area (Å²) < 4.78 is 0. The molecule has 1 heterocycles. The van der Waals surface area contributed by atoms with Gasteiger partial charge in [-0.05, 0) is 63.8 Å². The van der Waals surface area contributed by atoms with Crippen LogP contribution in [0.15, 0.2) is 24.3 Å². The van der Waals surface area contributed by atoms with E-state index < -0.39 is 0 Å². The lowest BCUT2D eigenvalue weighted by atomic mass is 10.0. The molecule has 5 heteroatoms. The minimum Gasteiger partial charge on any atom is -0.372 e. The lowest BCUT2D eigenvalue weighted by Crippen LogP contribution is -2.49. The second kappa shape index (κ2) is 9.44. The molecule has 2 rings (SSSR count). The van der Waals surface area contributed by atoms with Crippen molar-refractivity contribution in [2.45, 2.75) is 58.9 Å². The molecule has 0 radical (unpaired) electrons. The van der Waals surface area contributed by atoms with Crippen molar-refractivity contribution in [3.05, 3.63) is 24.3 Å². The molecule has 0 saturated carbocycles. The number of anilines is 2. The number of hydrogen-bond donors (Lipinski definition) is 1. The second-order valence-electron chi connectivity index (χ2n) is 6.56. The SMILES string of the molecule is CCCC(=O)N1CCCCC1C(=O)Nc1ccc(N(CC)CC)cc1. The minimum absolute atomic E-state index is 0.0697. The van der Waals surface area contributed by atoms with Gasteiger partial charge in [0, 0.05) is 37.4 Å². The lowest BCUT2D eigenvalue weighted by Gasteiger charge is -2.34. The van der Waals surface area contributed by atoms with Gasteiger partial charge in [0.25, 0.3) is 0 Å². The predicted octanol–water partition coefficient (Wildman–Crippen LogP) is 3.65.